The molecule has 3 aliphatic heterocycles. The molecule has 6 heterocycles. The number of aromatic amines is 1. The van der Waals surface area contributed by atoms with Crippen LogP contribution in [0.1, 0.15) is 12.5 Å². The molecular weight excluding hydrogens is 771 g/mol. The fourth-order valence-electron chi connectivity index (χ4n) is 5.51. The standard InChI is InChI=1S/C22H22Cl3N7O11P2S2/c23-6-1-8-9(2-7(6)24)32(21(25)28-8)20-16-14(34)11(41-20)4-39-44(36,46)42-15-13(33)10(3-38-45(37,47)43-16)40-19(15)31-5-27-12-17(31)29-22(26)30-18(12)35/h1-2,5,10-11,13-16,19-20,33-34H,3-4H2,(H,36,46)(H,37,47)(H3,26,29,30,35)/t10-,11-,13?,14+,15+,16?,19-,20-,44?,45?/m1/s1. The van der Waals surface area contributed by atoms with Crippen molar-refractivity contribution in [3.8, 4) is 0 Å². The van der Waals surface area contributed by atoms with Gasteiger partial charge in [-0.25, -0.2) is 14.5 Å². The minimum Gasteiger partial charge on any atom is -0.387 e. The fraction of sp³-hybridized carbons (Fsp3) is 0.455. The highest BCUT2D eigenvalue weighted by Gasteiger charge is 2.53. The van der Waals surface area contributed by atoms with Crippen molar-refractivity contribution in [2.45, 2.75) is 49.1 Å². The summed E-state index contributed by atoms with van der Waals surface area (Å²) in [7, 11) is 0. The third-order valence-corrected chi connectivity index (χ3v) is 11.8. The quantitative estimate of drug-likeness (QED) is 0.126. The molecule has 47 heavy (non-hydrogen) atoms. The summed E-state index contributed by atoms with van der Waals surface area (Å²) in [5.74, 6) is -0.233. The summed E-state index contributed by atoms with van der Waals surface area (Å²) in [6.45, 7) is -9.86. The summed E-state index contributed by atoms with van der Waals surface area (Å²) in [6, 6.07) is 2.93. The molecular formula is C22H22Cl3N7O11P2S2. The zero-order chi connectivity index (χ0) is 33.6. The molecule has 3 saturated heterocycles. The van der Waals surface area contributed by atoms with Gasteiger partial charge in [0.2, 0.25) is 11.2 Å². The maximum atomic E-state index is 13.6. The maximum absolute atomic E-state index is 13.6. The molecule has 3 fully saturated rings. The van der Waals surface area contributed by atoms with Crippen LogP contribution in [-0.2, 0) is 43.9 Å². The van der Waals surface area contributed by atoms with Crippen molar-refractivity contribution in [1.29, 1.82) is 0 Å². The van der Waals surface area contributed by atoms with Gasteiger partial charge in [0.05, 0.1) is 40.6 Å². The monoisotopic (exact) mass is 791 g/mol. The average molecular weight is 793 g/mol. The van der Waals surface area contributed by atoms with Crippen molar-refractivity contribution in [2.24, 2.45) is 0 Å². The number of aliphatic hydroxyl groups excluding tert-OH is 2. The number of anilines is 1. The van der Waals surface area contributed by atoms with Crippen molar-refractivity contribution in [3.05, 3.63) is 44.1 Å². The molecule has 0 saturated carbocycles. The maximum Gasteiger partial charge on any atom is 0.386 e. The van der Waals surface area contributed by atoms with Crippen LogP contribution >= 0.6 is 60.6 Å². The van der Waals surface area contributed by atoms with Crippen molar-refractivity contribution in [1.82, 2.24) is 29.1 Å². The van der Waals surface area contributed by atoms with Crippen molar-refractivity contribution in [2.75, 3.05) is 18.9 Å². The number of hydrogen-bond donors (Lipinski definition) is 6. The lowest BCUT2D eigenvalue weighted by atomic mass is 10.1. The Kier molecular flexibility index (Phi) is 8.99. The van der Waals surface area contributed by atoms with Crippen molar-refractivity contribution >= 4 is 101 Å². The number of nitrogens with two attached hydrogens (primary N) is 1. The fourth-order valence-corrected chi connectivity index (χ4v) is 8.97. The number of fused-ring (bicyclic) bond motifs is 6. The van der Waals surface area contributed by atoms with Gasteiger partial charge in [-0.15, -0.1) is 0 Å². The van der Waals surface area contributed by atoms with Crippen molar-refractivity contribution in [3.63, 3.8) is 0 Å². The van der Waals surface area contributed by atoms with Crippen LogP contribution in [0.25, 0.3) is 22.2 Å². The van der Waals surface area contributed by atoms with E-state index in [1.54, 1.807) is 0 Å². The number of imidazole rings is 2. The van der Waals surface area contributed by atoms with Crippen LogP contribution in [0.5, 0.6) is 0 Å². The molecule has 3 aromatic heterocycles. The number of nitrogens with one attached hydrogen (secondary N) is 1. The Balaban J connectivity index is 1.24. The summed E-state index contributed by atoms with van der Waals surface area (Å²) < 4.78 is 50.7. The van der Waals surface area contributed by atoms with E-state index >= 15 is 0 Å². The molecule has 0 aliphatic carbocycles. The average Bonchev–Trinajstić information content (AvgIpc) is 3.70. The number of benzene rings is 1. The first-order valence-electron chi connectivity index (χ1n) is 13.4. The Morgan fingerprint density at radius 1 is 1.02 bits per heavy atom. The number of aliphatic hydroxyl groups is 2. The Labute approximate surface area is 287 Å². The van der Waals surface area contributed by atoms with Gasteiger partial charge in [-0.2, -0.15) is 4.98 Å². The molecule has 4 bridgehead atoms. The van der Waals surface area contributed by atoms with Crippen LogP contribution in [-0.4, -0.2) is 94.0 Å². The predicted octanol–water partition coefficient (Wildman–Crippen LogP) is 2.30. The van der Waals surface area contributed by atoms with E-state index in [2.05, 4.69) is 32.2 Å². The number of thiol groups is 1. The highest BCUT2D eigenvalue weighted by molar-refractivity contribution is 8.44. The second-order valence-electron chi connectivity index (χ2n) is 10.6. The summed E-state index contributed by atoms with van der Waals surface area (Å²) >= 11 is 28.2. The van der Waals surface area contributed by atoms with E-state index < -0.39 is 81.4 Å². The smallest absolute Gasteiger partial charge is 0.386 e. The highest BCUT2D eigenvalue weighted by atomic mass is 35.5. The SMILES string of the molecule is Nc1nc2c(ncn2[C@@H]2O[C@@H]3COP(O)(=S)OC4[C@@H](O)[C@@H](COP(=O)(S)O[C@H]2C3O)O[C@H]4n2c(Cl)nc3cc(Cl)c(Cl)cc32)c(=O)[nH]1. The number of aromatic nitrogens is 6. The third kappa shape index (κ3) is 6.27. The molecule has 4 unspecified atom stereocenters. The summed E-state index contributed by atoms with van der Waals surface area (Å²) in [6.07, 6.45) is -10.2. The van der Waals surface area contributed by atoms with Gasteiger partial charge in [0.1, 0.15) is 36.6 Å². The van der Waals surface area contributed by atoms with Crippen molar-refractivity contribution < 1.29 is 47.2 Å². The van der Waals surface area contributed by atoms with Gasteiger partial charge >= 0.3 is 13.5 Å². The number of nitrogen functional groups attached to an aromatic ring is 1. The van der Waals surface area contributed by atoms with Gasteiger partial charge in [0.25, 0.3) is 5.56 Å². The molecule has 25 heteroatoms. The molecule has 6 N–H and O–H groups in total. The minimum absolute atomic E-state index is 0.0452. The Morgan fingerprint density at radius 3 is 2.38 bits per heavy atom. The van der Waals surface area contributed by atoms with Crippen LogP contribution < -0.4 is 11.3 Å². The largest absolute Gasteiger partial charge is 0.387 e. The van der Waals surface area contributed by atoms with E-state index in [1.807, 2.05) is 0 Å². The molecule has 7 rings (SSSR count). The zero-order valence-electron chi connectivity index (χ0n) is 23.1. The zero-order valence-corrected chi connectivity index (χ0v) is 28.8. The molecule has 18 nitrogen and oxygen atoms in total. The highest BCUT2D eigenvalue weighted by Crippen LogP contribution is 2.58. The second kappa shape index (κ2) is 12.4. The van der Waals surface area contributed by atoms with Gasteiger partial charge in [-0.05, 0) is 35.5 Å². The first-order valence-corrected chi connectivity index (χ1v) is 19.8. The Hall–Kier alpha value is -1.42. The van der Waals surface area contributed by atoms with Crippen LogP contribution in [0.4, 0.5) is 5.95 Å². The number of hydrogen-bond acceptors (Lipinski definition) is 15. The van der Waals surface area contributed by atoms with Gasteiger partial charge in [-0.1, -0.05) is 35.5 Å². The molecule has 1 aromatic carbocycles. The number of ether oxygens (including phenoxy) is 2. The number of rotatable bonds is 2. The lowest BCUT2D eigenvalue weighted by Gasteiger charge is -2.28. The van der Waals surface area contributed by atoms with Gasteiger partial charge < -0.3 is 34.8 Å². The van der Waals surface area contributed by atoms with E-state index in [0.717, 1.165) is 0 Å². The number of H-pyrrole nitrogens is 1. The first-order chi connectivity index (χ1) is 22.1. The Morgan fingerprint density at radius 2 is 1.66 bits per heavy atom. The van der Waals surface area contributed by atoms with E-state index in [-0.39, 0.29) is 32.4 Å². The molecule has 0 radical (unpaired) electrons. The molecule has 4 aromatic rings. The van der Waals surface area contributed by atoms with Gasteiger partial charge in [0, 0.05) is 0 Å². The van der Waals surface area contributed by atoms with Crippen LogP contribution in [0.2, 0.25) is 15.3 Å². The normalized spacial score (nSPS) is 36.7. The third-order valence-electron chi connectivity index (χ3n) is 7.61. The molecule has 0 amide bonds. The van der Waals surface area contributed by atoms with E-state index in [1.165, 1.54) is 27.6 Å². The molecule has 10 atom stereocenters. The molecule has 254 valence electrons. The van der Waals surface area contributed by atoms with E-state index in [0.29, 0.717) is 11.0 Å². The lowest BCUT2D eigenvalue weighted by Crippen LogP contribution is -2.37. The van der Waals surface area contributed by atoms with Gasteiger partial charge in [-0.3, -0.25) is 32.5 Å². The summed E-state index contributed by atoms with van der Waals surface area (Å²) in [4.78, 5) is 38.2. The number of nitrogens with zero attached hydrogens (tertiary/aromatic N) is 5. The predicted molar refractivity (Wildman–Crippen MR) is 172 cm³/mol. The molecule has 3 aliphatic rings. The number of halogens is 3. The van der Waals surface area contributed by atoms with E-state index in [9.17, 15) is 24.5 Å². The second-order valence-corrected chi connectivity index (χ2v) is 17.4. The topological polar surface area (TPSA) is 241 Å². The Bertz CT molecular complexity index is 2050. The van der Waals surface area contributed by atoms with Gasteiger partial charge in [0.15, 0.2) is 23.6 Å². The van der Waals surface area contributed by atoms with Crippen LogP contribution in [0.15, 0.2) is 23.3 Å². The van der Waals surface area contributed by atoms with Crippen LogP contribution in [0.3, 0.4) is 0 Å². The molecule has 0 spiro atoms. The first kappa shape index (κ1) is 34.0. The minimum atomic E-state index is -4.40. The summed E-state index contributed by atoms with van der Waals surface area (Å²) in [5, 5.41) is 22.8. The van der Waals surface area contributed by atoms with Crippen LogP contribution in [0, 0.1) is 0 Å². The lowest BCUT2D eigenvalue weighted by molar-refractivity contribution is -0.0599. The summed E-state index contributed by atoms with van der Waals surface area (Å²) in [5.41, 5.74) is 5.56. The van der Waals surface area contributed by atoms with E-state index in [4.69, 9.17) is 79.9 Å².